The van der Waals surface area contributed by atoms with Gasteiger partial charge in [-0.1, -0.05) is 36.4 Å². The second-order valence-electron chi connectivity index (χ2n) is 12.5. The molecule has 1 spiro atoms. The van der Waals surface area contributed by atoms with E-state index in [1.165, 1.54) is 0 Å². The Kier molecular flexibility index (Phi) is 10.4. The number of hydrogen-bond acceptors (Lipinski definition) is 7. The number of piperidine rings is 1. The molecule has 2 aliphatic heterocycles. The Morgan fingerprint density at radius 3 is 2.40 bits per heavy atom. The summed E-state index contributed by atoms with van der Waals surface area (Å²) in [6.07, 6.45) is -4.06. The van der Waals surface area contributed by atoms with E-state index >= 15 is 4.39 Å². The van der Waals surface area contributed by atoms with Gasteiger partial charge in [-0.15, -0.1) is 0 Å². The van der Waals surface area contributed by atoms with Crippen molar-refractivity contribution in [3.63, 3.8) is 0 Å². The molecule has 1 fully saturated rings. The van der Waals surface area contributed by atoms with Gasteiger partial charge in [0.1, 0.15) is 17.2 Å². The van der Waals surface area contributed by atoms with E-state index in [1.54, 1.807) is 42.5 Å². The van der Waals surface area contributed by atoms with E-state index in [2.05, 4.69) is 10.2 Å². The molecule has 0 bridgehead atoms. The highest BCUT2D eigenvalue weighted by atomic mass is 35.5. The monoisotopic (exact) mass is 718 g/mol. The minimum absolute atomic E-state index is 0.103. The summed E-state index contributed by atoms with van der Waals surface area (Å²) in [7, 11) is 0. The SMILES string of the molecule is O=C(O)CCCNC(Cn1c(=O)c2c(n(Cc3c(F)cccc3C(F)(F)F)c1=O)COC21CCN(Cc2ccc(Cl)o2)CC1)c1ccccc1. The number of rotatable bonds is 12. The predicted molar refractivity (Wildman–Crippen MR) is 174 cm³/mol. The number of furan rings is 1. The molecule has 0 amide bonds. The van der Waals surface area contributed by atoms with Gasteiger partial charge in [0, 0.05) is 25.1 Å². The van der Waals surface area contributed by atoms with Crippen LogP contribution in [0, 0.1) is 5.82 Å². The molecule has 1 atom stereocenters. The zero-order chi connectivity index (χ0) is 35.6. The van der Waals surface area contributed by atoms with Gasteiger partial charge in [0.15, 0.2) is 5.22 Å². The molecular formula is C35H35ClF4N4O6. The molecule has 2 aliphatic rings. The Labute approximate surface area is 288 Å². The Morgan fingerprint density at radius 2 is 1.74 bits per heavy atom. The van der Waals surface area contributed by atoms with Crippen LogP contribution in [-0.2, 0) is 47.5 Å². The van der Waals surface area contributed by atoms with Crippen LogP contribution in [0.5, 0.6) is 0 Å². The number of carboxylic acids is 1. The maximum atomic E-state index is 15.2. The minimum Gasteiger partial charge on any atom is -0.481 e. The fraction of sp³-hybridized carbons (Fsp3) is 0.400. The number of aromatic nitrogens is 2. The lowest BCUT2D eigenvalue weighted by atomic mass is 9.85. The first-order valence-electron chi connectivity index (χ1n) is 16.2. The lowest BCUT2D eigenvalue weighted by Gasteiger charge is -2.38. The van der Waals surface area contributed by atoms with Gasteiger partial charge in [-0.25, -0.2) is 9.18 Å². The van der Waals surface area contributed by atoms with E-state index in [1.807, 2.05) is 0 Å². The van der Waals surface area contributed by atoms with Crippen molar-refractivity contribution in [3.05, 3.63) is 126 Å². The number of halogens is 5. The van der Waals surface area contributed by atoms with Gasteiger partial charge in [0.25, 0.3) is 5.56 Å². The average Bonchev–Trinajstić information content (AvgIpc) is 3.66. The van der Waals surface area contributed by atoms with Crippen LogP contribution in [-0.4, -0.2) is 44.7 Å². The van der Waals surface area contributed by atoms with E-state index in [-0.39, 0.29) is 49.0 Å². The third-order valence-electron chi connectivity index (χ3n) is 9.41. The number of carboxylic acid groups (broad SMARTS) is 1. The van der Waals surface area contributed by atoms with Crippen molar-refractivity contribution in [2.75, 3.05) is 19.6 Å². The largest absolute Gasteiger partial charge is 0.481 e. The highest BCUT2D eigenvalue weighted by Crippen LogP contribution is 2.43. The Balaban J connectivity index is 1.42. The molecule has 50 heavy (non-hydrogen) atoms. The summed E-state index contributed by atoms with van der Waals surface area (Å²) < 4.78 is 71.3. The number of alkyl halides is 3. The molecular weight excluding hydrogens is 684 g/mol. The van der Waals surface area contributed by atoms with Crippen LogP contribution in [0.4, 0.5) is 17.6 Å². The molecule has 2 aromatic heterocycles. The number of carbonyl (C=O) groups is 1. The lowest BCUT2D eigenvalue weighted by molar-refractivity contribution is -0.138. The number of aliphatic carboxylic acids is 1. The van der Waals surface area contributed by atoms with Crippen molar-refractivity contribution in [2.45, 2.75) is 69.7 Å². The topological polar surface area (TPSA) is 119 Å². The first-order valence-corrected chi connectivity index (χ1v) is 16.6. The van der Waals surface area contributed by atoms with Crippen LogP contribution in [0.1, 0.15) is 65.4 Å². The second-order valence-corrected chi connectivity index (χ2v) is 12.9. The fourth-order valence-corrected chi connectivity index (χ4v) is 7.05. The van der Waals surface area contributed by atoms with Crippen LogP contribution in [0.2, 0.25) is 5.22 Å². The number of nitrogens with zero attached hydrogens (tertiary/aromatic N) is 3. The van der Waals surface area contributed by atoms with Crippen molar-refractivity contribution >= 4 is 17.6 Å². The highest BCUT2D eigenvalue weighted by molar-refractivity contribution is 6.28. The summed E-state index contributed by atoms with van der Waals surface area (Å²) in [5.41, 5.74) is -3.65. The molecule has 0 aliphatic carbocycles. The van der Waals surface area contributed by atoms with Crippen LogP contribution in [0.3, 0.4) is 0 Å². The van der Waals surface area contributed by atoms with Crippen LogP contribution >= 0.6 is 11.6 Å². The number of hydrogen-bond donors (Lipinski definition) is 2. The molecule has 4 heterocycles. The maximum absolute atomic E-state index is 15.2. The minimum atomic E-state index is -4.90. The smallest absolute Gasteiger partial charge is 0.416 e. The van der Waals surface area contributed by atoms with Gasteiger partial charge in [0.2, 0.25) is 0 Å². The number of likely N-dealkylation sites (tertiary alicyclic amines) is 1. The van der Waals surface area contributed by atoms with Crippen molar-refractivity contribution in [1.82, 2.24) is 19.4 Å². The summed E-state index contributed by atoms with van der Waals surface area (Å²) >= 11 is 5.93. The van der Waals surface area contributed by atoms with Crippen LogP contribution in [0.15, 0.2) is 74.7 Å². The third kappa shape index (κ3) is 7.43. The molecule has 2 aromatic carbocycles. The van der Waals surface area contributed by atoms with E-state index in [0.717, 1.165) is 27.3 Å². The molecule has 4 aromatic rings. The number of fused-ring (bicyclic) bond motifs is 2. The Morgan fingerprint density at radius 1 is 1.00 bits per heavy atom. The second kappa shape index (κ2) is 14.5. The van der Waals surface area contributed by atoms with Gasteiger partial charge in [-0.05, 0) is 67.2 Å². The fourth-order valence-electron chi connectivity index (χ4n) is 6.89. The summed E-state index contributed by atoms with van der Waals surface area (Å²) in [6.45, 7) is 0.411. The highest BCUT2D eigenvalue weighted by Gasteiger charge is 2.47. The Bertz CT molecular complexity index is 1970. The van der Waals surface area contributed by atoms with Gasteiger partial charge < -0.3 is 19.6 Å². The van der Waals surface area contributed by atoms with Gasteiger partial charge in [-0.2, -0.15) is 13.2 Å². The average molecular weight is 719 g/mol. The van der Waals surface area contributed by atoms with Crippen molar-refractivity contribution < 1.29 is 36.6 Å². The summed E-state index contributed by atoms with van der Waals surface area (Å²) in [4.78, 5) is 42.0. The Hall–Kier alpha value is -4.24. The van der Waals surface area contributed by atoms with Crippen molar-refractivity contribution in [3.8, 4) is 0 Å². The quantitative estimate of drug-likeness (QED) is 0.142. The van der Waals surface area contributed by atoms with E-state index in [9.17, 15) is 27.6 Å². The van der Waals surface area contributed by atoms with E-state index in [4.69, 9.17) is 25.9 Å². The standard InChI is InChI=1S/C35H35ClF4N4O6/c36-29-12-11-23(50-29)18-42-16-13-34(14-17-42)31-28(21-49-34)43(19-24-25(35(38,39)40)8-4-9-26(24)37)33(48)44(32(31)47)20-27(22-6-2-1-3-7-22)41-15-5-10-30(45)46/h1-4,6-9,11-12,27,41H,5,10,13-21H2,(H,45,46). The van der Waals surface area contributed by atoms with Gasteiger partial charge in [-0.3, -0.25) is 23.6 Å². The molecule has 266 valence electrons. The molecule has 2 N–H and O–H groups in total. The normalized spacial score (nSPS) is 16.5. The summed E-state index contributed by atoms with van der Waals surface area (Å²) in [5.74, 6) is -1.46. The maximum Gasteiger partial charge on any atom is 0.416 e. The number of benzene rings is 2. The predicted octanol–water partition coefficient (Wildman–Crippen LogP) is 5.68. The van der Waals surface area contributed by atoms with Gasteiger partial charge in [0.05, 0.1) is 49.1 Å². The first-order chi connectivity index (χ1) is 23.9. The number of ether oxygens (including phenoxy) is 1. The van der Waals surface area contributed by atoms with Crippen molar-refractivity contribution in [1.29, 1.82) is 0 Å². The molecule has 10 nitrogen and oxygen atoms in total. The zero-order valence-corrected chi connectivity index (χ0v) is 27.6. The lowest BCUT2D eigenvalue weighted by Crippen LogP contribution is -2.50. The molecule has 6 rings (SSSR count). The molecule has 15 heteroatoms. The van der Waals surface area contributed by atoms with Crippen molar-refractivity contribution in [2.24, 2.45) is 0 Å². The van der Waals surface area contributed by atoms with E-state index < -0.39 is 58.5 Å². The van der Waals surface area contributed by atoms with Crippen LogP contribution < -0.4 is 16.6 Å². The number of nitrogens with one attached hydrogen (secondary N) is 1. The summed E-state index contributed by atoms with van der Waals surface area (Å²) in [6, 6.07) is 14.3. The molecule has 0 saturated carbocycles. The summed E-state index contributed by atoms with van der Waals surface area (Å²) in [5, 5.41) is 12.6. The first kappa shape index (κ1) is 35.6. The molecule has 1 saturated heterocycles. The zero-order valence-electron chi connectivity index (χ0n) is 26.8. The van der Waals surface area contributed by atoms with Crippen LogP contribution in [0.25, 0.3) is 0 Å². The third-order valence-corrected chi connectivity index (χ3v) is 9.62. The van der Waals surface area contributed by atoms with Gasteiger partial charge >= 0.3 is 17.8 Å². The molecule has 1 unspecified atom stereocenters. The van der Waals surface area contributed by atoms with E-state index in [0.29, 0.717) is 43.8 Å². The molecule has 0 radical (unpaired) electrons.